The Bertz CT molecular complexity index is 969. The number of hydrogen-bond acceptors (Lipinski definition) is 5. The summed E-state index contributed by atoms with van der Waals surface area (Å²) in [5.41, 5.74) is 1.26. The zero-order valence-corrected chi connectivity index (χ0v) is 18.1. The molecule has 1 unspecified atom stereocenters. The summed E-state index contributed by atoms with van der Waals surface area (Å²) < 4.78 is 8.60. The Morgan fingerprint density at radius 2 is 2.19 bits per heavy atom. The number of fused-ring (bicyclic) bond motifs is 1. The van der Waals surface area contributed by atoms with Crippen LogP contribution in [0.15, 0.2) is 28.7 Å². The van der Waals surface area contributed by atoms with E-state index in [4.69, 9.17) is 27.9 Å². The first-order valence-corrected chi connectivity index (χ1v) is 11.1. The van der Waals surface area contributed by atoms with E-state index in [0.29, 0.717) is 25.9 Å². The van der Waals surface area contributed by atoms with Crippen molar-refractivity contribution in [2.24, 2.45) is 0 Å². The van der Waals surface area contributed by atoms with E-state index in [2.05, 4.69) is 20.9 Å². The van der Waals surface area contributed by atoms with Gasteiger partial charge in [0.25, 0.3) is 5.91 Å². The standard InChI is InChI=1S/C17H13BrCl2N2O2S2/c18-9-3-4-12-13(6-9)25-17(21-12)22(8-10-2-1-5-24-10)16(23)11-7-14(19)26-15(11)20/h3-4,6-7,10H,1-2,5,8H2. The number of carbonyl (C=O) groups excluding carboxylic acids is 1. The SMILES string of the molecule is O=C(c1cc(Cl)sc1Cl)N(CC1CCCO1)c1nc2ccc(Br)cc2s1. The van der Waals surface area contributed by atoms with Crippen LogP contribution < -0.4 is 4.90 Å². The number of hydrogen-bond donors (Lipinski definition) is 0. The van der Waals surface area contributed by atoms with Gasteiger partial charge < -0.3 is 4.74 Å². The molecule has 4 rings (SSSR count). The third kappa shape index (κ3) is 3.79. The van der Waals surface area contributed by atoms with E-state index in [1.54, 1.807) is 11.0 Å². The van der Waals surface area contributed by atoms with Gasteiger partial charge in [-0.25, -0.2) is 4.98 Å². The normalized spacial score (nSPS) is 17.1. The molecule has 1 atom stereocenters. The summed E-state index contributed by atoms with van der Waals surface area (Å²) in [6.07, 6.45) is 1.94. The van der Waals surface area contributed by atoms with Crippen LogP contribution in [0.4, 0.5) is 5.13 Å². The number of anilines is 1. The maximum atomic E-state index is 13.2. The summed E-state index contributed by atoms with van der Waals surface area (Å²) in [5.74, 6) is -0.202. The molecule has 9 heteroatoms. The Kier molecular flexibility index (Phi) is 5.55. The van der Waals surface area contributed by atoms with Crippen LogP contribution >= 0.6 is 61.8 Å². The van der Waals surface area contributed by atoms with Crippen molar-refractivity contribution in [3.8, 4) is 0 Å². The fourth-order valence-electron chi connectivity index (χ4n) is 2.87. The van der Waals surface area contributed by atoms with Gasteiger partial charge in [-0.1, -0.05) is 50.5 Å². The molecule has 0 N–H and O–H groups in total. The molecule has 0 radical (unpaired) electrons. The molecule has 3 heterocycles. The van der Waals surface area contributed by atoms with Gasteiger partial charge in [0.05, 0.1) is 32.8 Å². The van der Waals surface area contributed by atoms with Gasteiger partial charge >= 0.3 is 0 Å². The third-order valence-corrected chi connectivity index (χ3v) is 7.13. The fraction of sp³-hybridized carbons (Fsp3) is 0.294. The number of aromatic nitrogens is 1. The van der Waals surface area contributed by atoms with Gasteiger partial charge in [0.2, 0.25) is 0 Å². The lowest BCUT2D eigenvalue weighted by atomic mass is 10.2. The molecule has 1 aliphatic rings. The Morgan fingerprint density at radius 1 is 1.35 bits per heavy atom. The number of amides is 1. The summed E-state index contributed by atoms with van der Waals surface area (Å²) in [7, 11) is 0. The van der Waals surface area contributed by atoms with Crippen LogP contribution in [0.5, 0.6) is 0 Å². The number of rotatable bonds is 4. The number of thiazole rings is 1. The number of halogens is 3. The fourth-order valence-corrected chi connectivity index (χ4v) is 5.85. The average Bonchev–Trinajstić information content (AvgIpc) is 3.31. The molecule has 1 aromatic carbocycles. The Labute approximate surface area is 176 Å². The highest BCUT2D eigenvalue weighted by Crippen LogP contribution is 2.36. The zero-order chi connectivity index (χ0) is 18.3. The van der Waals surface area contributed by atoms with Gasteiger partial charge in [-0.05, 0) is 37.1 Å². The number of ether oxygens (including phenoxy) is 1. The van der Waals surface area contributed by atoms with Gasteiger partial charge in [-0.3, -0.25) is 9.69 Å². The van der Waals surface area contributed by atoms with Crippen LogP contribution in [-0.2, 0) is 4.74 Å². The maximum absolute atomic E-state index is 13.2. The molecular weight excluding hydrogens is 479 g/mol. The Hall–Kier alpha value is -0.700. The van der Waals surface area contributed by atoms with Gasteiger partial charge in [-0.2, -0.15) is 0 Å². The van der Waals surface area contributed by atoms with Crippen molar-refractivity contribution in [2.45, 2.75) is 18.9 Å². The summed E-state index contributed by atoms with van der Waals surface area (Å²) in [5, 5.41) is 0.636. The Balaban J connectivity index is 1.73. The van der Waals surface area contributed by atoms with Gasteiger partial charge in [0, 0.05) is 11.1 Å². The molecule has 0 aliphatic carbocycles. The summed E-state index contributed by atoms with van der Waals surface area (Å²) >= 11 is 18.4. The maximum Gasteiger partial charge on any atom is 0.262 e. The molecule has 4 nitrogen and oxygen atoms in total. The molecule has 26 heavy (non-hydrogen) atoms. The van der Waals surface area contributed by atoms with E-state index in [0.717, 1.165) is 34.1 Å². The predicted molar refractivity (Wildman–Crippen MR) is 112 cm³/mol. The van der Waals surface area contributed by atoms with Crippen molar-refractivity contribution in [1.82, 2.24) is 4.98 Å². The van der Waals surface area contributed by atoms with Crippen LogP contribution in [0, 0.1) is 0 Å². The second kappa shape index (κ2) is 7.73. The lowest BCUT2D eigenvalue weighted by Gasteiger charge is -2.22. The lowest BCUT2D eigenvalue weighted by molar-refractivity contribution is 0.0918. The van der Waals surface area contributed by atoms with Crippen molar-refractivity contribution in [1.29, 1.82) is 0 Å². The van der Waals surface area contributed by atoms with E-state index >= 15 is 0 Å². The summed E-state index contributed by atoms with van der Waals surface area (Å²) in [6, 6.07) is 7.49. The summed E-state index contributed by atoms with van der Waals surface area (Å²) in [6.45, 7) is 1.17. The van der Waals surface area contributed by atoms with E-state index in [9.17, 15) is 4.79 Å². The molecule has 1 saturated heterocycles. The number of nitrogens with zero attached hydrogens (tertiary/aromatic N) is 2. The lowest BCUT2D eigenvalue weighted by Crippen LogP contribution is -2.37. The van der Waals surface area contributed by atoms with E-state index in [1.165, 1.54) is 22.7 Å². The minimum atomic E-state index is -0.202. The zero-order valence-electron chi connectivity index (χ0n) is 13.4. The molecule has 1 aliphatic heterocycles. The van der Waals surface area contributed by atoms with Crippen LogP contribution in [0.1, 0.15) is 23.2 Å². The largest absolute Gasteiger partial charge is 0.376 e. The minimum Gasteiger partial charge on any atom is -0.376 e. The van der Waals surface area contributed by atoms with Gasteiger partial charge in [0.15, 0.2) is 5.13 Å². The highest BCUT2D eigenvalue weighted by molar-refractivity contribution is 9.10. The van der Waals surface area contributed by atoms with Crippen molar-refractivity contribution in [2.75, 3.05) is 18.1 Å². The third-order valence-electron chi connectivity index (χ3n) is 4.11. The molecule has 0 bridgehead atoms. The molecule has 136 valence electrons. The Morgan fingerprint density at radius 3 is 2.88 bits per heavy atom. The summed E-state index contributed by atoms with van der Waals surface area (Å²) in [4.78, 5) is 19.5. The van der Waals surface area contributed by atoms with Crippen molar-refractivity contribution in [3.05, 3.63) is 43.0 Å². The second-order valence-electron chi connectivity index (χ2n) is 5.90. The van der Waals surface area contributed by atoms with Crippen molar-refractivity contribution < 1.29 is 9.53 Å². The molecule has 2 aromatic heterocycles. The van der Waals surface area contributed by atoms with Crippen LogP contribution in [0.2, 0.25) is 8.67 Å². The quantitative estimate of drug-likeness (QED) is 0.433. The molecular formula is C17H13BrCl2N2O2S2. The van der Waals surface area contributed by atoms with E-state index in [1.807, 2.05) is 18.2 Å². The van der Waals surface area contributed by atoms with Crippen LogP contribution in [0.25, 0.3) is 10.2 Å². The van der Waals surface area contributed by atoms with Gasteiger partial charge in [-0.15, -0.1) is 11.3 Å². The highest BCUT2D eigenvalue weighted by atomic mass is 79.9. The first kappa shape index (κ1) is 18.7. The molecule has 1 amide bonds. The average molecular weight is 492 g/mol. The van der Waals surface area contributed by atoms with Crippen LogP contribution in [0.3, 0.4) is 0 Å². The van der Waals surface area contributed by atoms with E-state index < -0.39 is 0 Å². The first-order chi connectivity index (χ1) is 12.5. The predicted octanol–water partition coefficient (Wildman–Crippen LogP) is 6.25. The molecule has 3 aromatic rings. The topological polar surface area (TPSA) is 42.4 Å². The monoisotopic (exact) mass is 490 g/mol. The minimum absolute atomic E-state index is 0.00517. The molecule has 1 fully saturated rings. The number of benzene rings is 1. The van der Waals surface area contributed by atoms with Gasteiger partial charge in [0.1, 0.15) is 4.34 Å². The molecule has 0 spiro atoms. The highest BCUT2D eigenvalue weighted by Gasteiger charge is 2.29. The number of carbonyl (C=O) groups is 1. The van der Waals surface area contributed by atoms with Crippen molar-refractivity contribution in [3.63, 3.8) is 0 Å². The second-order valence-corrected chi connectivity index (χ2v) is 10.1. The number of thiophene rings is 1. The first-order valence-electron chi connectivity index (χ1n) is 7.95. The van der Waals surface area contributed by atoms with E-state index in [-0.39, 0.29) is 12.0 Å². The van der Waals surface area contributed by atoms with Crippen molar-refractivity contribution >= 4 is 83.1 Å². The molecule has 0 saturated carbocycles. The van der Waals surface area contributed by atoms with Crippen LogP contribution in [-0.4, -0.2) is 30.1 Å². The smallest absolute Gasteiger partial charge is 0.262 e.